The van der Waals surface area contributed by atoms with Crippen molar-refractivity contribution in [2.75, 3.05) is 13.1 Å². The van der Waals surface area contributed by atoms with Crippen molar-refractivity contribution in [3.63, 3.8) is 0 Å². The first-order valence-electron chi connectivity index (χ1n) is 6.60. The Bertz CT molecular complexity index is 592. The number of rotatable bonds is 4. The second kappa shape index (κ2) is 5.63. The maximum atomic E-state index is 12.1. The standard InChI is InChI=1S/C15H16N2O2S/c1-11-3-2-4-12(7-11)8-14(18)17-9-13(10-17)19-15-16-5-6-20-15/h2-7,13H,8-10H2,1H3. The summed E-state index contributed by atoms with van der Waals surface area (Å²) >= 11 is 1.48. The van der Waals surface area contributed by atoms with Crippen molar-refractivity contribution in [2.24, 2.45) is 0 Å². The number of thiazole rings is 1. The van der Waals surface area contributed by atoms with Crippen LogP contribution in [0, 0.1) is 6.92 Å². The Morgan fingerprint density at radius 1 is 1.50 bits per heavy atom. The average Bonchev–Trinajstić information content (AvgIpc) is 2.86. The average molecular weight is 288 g/mol. The quantitative estimate of drug-likeness (QED) is 0.867. The van der Waals surface area contributed by atoms with Crippen LogP contribution in [0.15, 0.2) is 35.8 Å². The van der Waals surface area contributed by atoms with Crippen LogP contribution in [0.5, 0.6) is 5.19 Å². The summed E-state index contributed by atoms with van der Waals surface area (Å²) in [6.07, 6.45) is 2.27. The SMILES string of the molecule is Cc1cccc(CC(=O)N2CC(Oc3nccs3)C2)c1. The van der Waals surface area contributed by atoms with Gasteiger partial charge in [0.2, 0.25) is 5.91 Å². The Kier molecular flexibility index (Phi) is 3.69. The van der Waals surface area contributed by atoms with Gasteiger partial charge in [-0.25, -0.2) is 4.98 Å². The van der Waals surface area contributed by atoms with E-state index >= 15 is 0 Å². The second-order valence-corrected chi connectivity index (χ2v) is 5.86. The summed E-state index contributed by atoms with van der Waals surface area (Å²) in [5.41, 5.74) is 2.25. The molecule has 0 spiro atoms. The van der Waals surface area contributed by atoms with Crippen LogP contribution < -0.4 is 4.74 Å². The minimum Gasteiger partial charge on any atom is -0.463 e. The molecule has 0 atom stereocenters. The minimum absolute atomic E-state index is 0.0857. The van der Waals surface area contributed by atoms with E-state index in [9.17, 15) is 4.79 Å². The van der Waals surface area contributed by atoms with E-state index in [4.69, 9.17) is 4.74 Å². The van der Waals surface area contributed by atoms with Gasteiger partial charge in [-0.2, -0.15) is 0 Å². The maximum Gasteiger partial charge on any atom is 0.273 e. The van der Waals surface area contributed by atoms with E-state index in [-0.39, 0.29) is 12.0 Å². The number of carbonyl (C=O) groups is 1. The lowest BCUT2D eigenvalue weighted by Gasteiger charge is -2.38. The third kappa shape index (κ3) is 2.99. The number of hydrogen-bond donors (Lipinski definition) is 0. The van der Waals surface area contributed by atoms with Crippen LogP contribution in [0.4, 0.5) is 0 Å². The van der Waals surface area contributed by atoms with Crippen molar-refractivity contribution in [3.8, 4) is 5.19 Å². The Labute approximate surface area is 122 Å². The lowest BCUT2D eigenvalue weighted by Crippen LogP contribution is -2.56. The zero-order valence-electron chi connectivity index (χ0n) is 11.3. The molecule has 5 heteroatoms. The number of aromatic nitrogens is 1. The normalized spacial score (nSPS) is 14.9. The van der Waals surface area contributed by atoms with Gasteiger partial charge in [0.15, 0.2) is 0 Å². The molecule has 0 bridgehead atoms. The van der Waals surface area contributed by atoms with E-state index in [0.717, 1.165) is 5.56 Å². The summed E-state index contributed by atoms with van der Waals surface area (Å²) in [6.45, 7) is 3.35. The molecule has 1 saturated heterocycles. The molecular formula is C15H16N2O2S. The summed E-state index contributed by atoms with van der Waals surface area (Å²) in [5, 5.41) is 2.56. The molecule has 1 amide bonds. The number of aryl methyl sites for hydroxylation is 1. The van der Waals surface area contributed by atoms with Crippen molar-refractivity contribution in [1.29, 1.82) is 0 Å². The monoisotopic (exact) mass is 288 g/mol. The van der Waals surface area contributed by atoms with Gasteiger partial charge in [-0.1, -0.05) is 41.2 Å². The van der Waals surface area contributed by atoms with Gasteiger partial charge in [0.05, 0.1) is 19.5 Å². The molecule has 4 nitrogen and oxygen atoms in total. The van der Waals surface area contributed by atoms with Gasteiger partial charge in [0.25, 0.3) is 5.19 Å². The van der Waals surface area contributed by atoms with Crippen LogP contribution in [-0.4, -0.2) is 35.0 Å². The molecule has 0 radical (unpaired) electrons. The molecule has 2 heterocycles. The molecule has 1 aromatic heterocycles. The van der Waals surface area contributed by atoms with Crippen molar-refractivity contribution in [1.82, 2.24) is 9.88 Å². The fraction of sp³-hybridized carbons (Fsp3) is 0.333. The number of carbonyl (C=O) groups excluding carboxylic acids is 1. The summed E-state index contributed by atoms with van der Waals surface area (Å²) < 4.78 is 5.65. The first-order valence-corrected chi connectivity index (χ1v) is 7.48. The third-order valence-electron chi connectivity index (χ3n) is 3.32. The first kappa shape index (κ1) is 13.1. The summed E-state index contributed by atoms with van der Waals surface area (Å²) in [6, 6.07) is 8.08. The summed E-state index contributed by atoms with van der Waals surface area (Å²) in [5.74, 6) is 0.162. The van der Waals surface area contributed by atoms with Crippen molar-refractivity contribution >= 4 is 17.2 Å². The zero-order valence-corrected chi connectivity index (χ0v) is 12.1. The van der Waals surface area contributed by atoms with Crippen LogP contribution in [0.25, 0.3) is 0 Å². The maximum absolute atomic E-state index is 12.1. The largest absolute Gasteiger partial charge is 0.463 e. The smallest absolute Gasteiger partial charge is 0.273 e. The second-order valence-electron chi connectivity index (χ2n) is 5.00. The van der Waals surface area contributed by atoms with Crippen LogP contribution in [-0.2, 0) is 11.2 Å². The Morgan fingerprint density at radius 2 is 2.35 bits per heavy atom. The van der Waals surface area contributed by atoms with Gasteiger partial charge in [0.1, 0.15) is 6.10 Å². The molecule has 104 valence electrons. The first-order chi connectivity index (χ1) is 9.70. The predicted molar refractivity (Wildman–Crippen MR) is 78.0 cm³/mol. The van der Waals surface area contributed by atoms with E-state index in [2.05, 4.69) is 11.1 Å². The molecule has 3 rings (SSSR count). The van der Waals surface area contributed by atoms with Crippen molar-refractivity contribution < 1.29 is 9.53 Å². The van der Waals surface area contributed by atoms with Gasteiger partial charge >= 0.3 is 0 Å². The Morgan fingerprint density at radius 3 is 3.05 bits per heavy atom. The van der Waals surface area contributed by atoms with Crippen LogP contribution >= 0.6 is 11.3 Å². The molecule has 1 aromatic carbocycles. The van der Waals surface area contributed by atoms with Gasteiger partial charge in [-0.15, -0.1) is 0 Å². The highest BCUT2D eigenvalue weighted by molar-refractivity contribution is 7.11. The van der Waals surface area contributed by atoms with E-state index in [1.54, 1.807) is 6.20 Å². The fourth-order valence-corrected chi connectivity index (χ4v) is 2.79. The summed E-state index contributed by atoms with van der Waals surface area (Å²) in [7, 11) is 0. The number of ether oxygens (including phenoxy) is 1. The van der Waals surface area contributed by atoms with Gasteiger partial charge in [-0.05, 0) is 12.5 Å². The van der Waals surface area contributed by atoms with Crippen LogP contribution in [0.1, 0.15) is 11.1 Å². The molecule has 1 fully saturated rings. The summed E-state index contributed by atoms with van der Waals surface area (Å²) in [4.78, 5) is 18.0. The molecular weight excluding hydrogens is 272 g/mol. The van der Waals surface area contributed by atoms with Crippen LogP contribution in [0.2, 0.25) is 0 Å². The molecule has 1 aliphatic rings. The highest BCUT2D eigenvalue weighted by atomic mass is 32.1. The van der Waals surface area contributed by atoms with Crippen molar-refractivity contribution in [3.05, 3.63) is 47.0 Å². The molecule has 0 N–H and O–H groups in total. The molecule has 1 aliphatic heterocycles. The molecule has 0 unspecified atom stereocenters. The predicted octanol–water partition coefficient (Wildman–Crippen LogP) is 2.28. The van der Waals surface area contributed by atoms with E-state index in [0.29, 0.717) is 24.7 Å². The Hall–Kier alpha value is -1.88. The Balaban J connectivity index is 1.48. The van der Waals surface area contributed by atoms with E-state index in [1.165, 1.54) is 16.9 Å². The number of hydrogen-bond acceptors (Lipinski definition) is 4. The third-order valence-corrected chi connectivity index (χ3v) is 3.98. The topological polar surface area (TPSA) is 42.4 Å². The molecule has 2 aromatic rings. The minimum atomic E-state index is 0.0857. The highest BCUT2D eigenvalue weighted by Crippen LogP contribution is 2.20. The van der Waals surface area contributed by atoms with Gasteiger partial charge < -0.3 is 9.64 Å². The number of likely N-dealkylation sites (tertiary alicyclic amines) is 1. The lowest BCUT2D eigenvalue weighted by molar-refractivity contribution is -0.139. The number of benzene rings is 1. The van der Waals surface area contributed by atoms with E-state index in [1.807, 2.05) is 35.4 Å². The highest BCUT2D eigenvalue weighted by Gasteiger charge is 2.32. The fourth-order valence-electron chi connectivity index (χ4n) is 2.24. The number of nitrogens with zero attached hydrogens (tertiary/aromatic N) is 2. The molecule has 0 aliphatic carbocycles. The zero-order chi connectivity index (χ0) is 13.9. The van der Waals surface area contributed by atoms with E-state index < -0.39 is 0 Å². The number of amides is 1. The van der Waals surface area contributed by atoms with Crippen LogP contribution in [0.3, 0.4) is 0 Å². The van der Waals surface area contributed by atoms with Gasteiger partial charge in [-0.3, -0.25) is 4.79 Å². The lowest BCUT2D eigenvalue weighted by atomic mass is 10.1. The molecule has 20 heavy (non-hydrogen) atoms. The van der Waals surface area contributed by atoms with Crippen molar-refractivity contribution in [2.45, 2.75) is 19.4 Å². The molecule has 0 saturated carbocycles. The van der Waals surface area contributed by atoms with Gasteiger partial charge in [0, 0.05) is 11.6 Å².